The molecule has 2 aromatic rings. The SMILES string of the molecule is O=C(CCCCc1ccc(F)cc1)N1CCCC/C(=C2/N=CCCCc3ccsc32)CC1. The number of rotatable bonds is 5. The molecule has 1 aromatic heterocycles. The van der Waals surface area contributed by atoms with Gasteiger partial charge in [0.1, 0.15) is 5.82 Å². The molecule has 2 aliphatic heterocycles. The van der Waals surface area contributed by atoms with Gasteiger partial charge in [0.15, 0.2) is 0 Å². The molecule has 5 heteroatoms. The topological polar surface area (TPSA) is 32.7 Å². The Bertz CT molecular complexity index is 960. The highest BCUT2D eigenvalue weighted by atomic mass is 32.1. The van der Waals surface area contributed by atoms with Crippen molar-refractivity contribution in [3.05, 3.63) is 63.1 Å². The molecular formula is C27H33FN2OS. The summed E-state index contributed by atoms with van der Waals surface area (Å²) in [7, 11) is 0. The molecule has 0 N–H and O–H groups in total. The lowest BCUT2D eigenvalue weighted by Gasteiger charge is -2.27. The van der Waals surface area contributed by atoms with E-state index in [-0.39, 0.29) is 11.7 Å². The molecule has 1 saturated heterocycles. The standard InChI is InChI=1S/C27H33FN2OS/c28-24-13-11-21(12-14-24)7-1-2-10-25(31)30-18-6-4-8-22(15-19-30)26-27-23(16-20-32-27)9-3-5-17-29-26/h11-14,16-17,20H,1-10,15,18-19H2/b26-22-,29-17?. The number of aryl methyl sites for hydroxylation is 2. The van der Waals surface area contributed by atoms with Crippen LogP contribution in [0.15, 0.2) is 46.3 Å². The minimum absolute atomic E-state index is 0.198. The van der Waals surface area contributed by atoms with E-state index in [2.05, 4.69) is 22.6 Å². The van der Waals surface area contributed by atoms with Gasteiger partial charge in [0.25, 0.3) is 0 Å². The van der Waals surface area contributed by atoms with Gasteiger partial charge in [-0.05, 0) is 104 Å². The van der Waals surface area contributed by atoms with Crippen molar-refractivity contribution in [2.75, 3.05) is 13.1 Å². The number of fused-ring (bicyclic) bond motifs is 1. The summed E-state index contributed by atoms with van der Waals surface area (Å²) in [4.78, 5) is 21.2. The van der Waals surface area contributed by atoms with Crippen molar-refractivity contribution in [2.24, 2.45) is 4.99 Å². The Hall–Kier alpha value is -2.27. The van der Waals surface area contributed by atoms with Crippen LogP contribution in [0.4, 0.5) is 4.39 Å². The lowest BCUT2D eigenvalue weighted by molar-refractivity contribution is -0.131. The van der Waals surface area contributed by atoms with E-state index in [9.17, 15) is 9.18 Å². The van der Waals surface area contributed by atoms with Gasteiger partial charge in [0.05, 0.1) is 10.6 Å². The van der Waals surface area contributed by atoms with Gasteiger partial charge < -0.3 is 4.90 Å². The molecule has 0 spiro atoms. The van der Waals surface area contributed by atoms with Gasteiger partial charge in [-0.15, -0.1) is 11.3 Å². The summed E-state index contributed by atoms with van der Waals surface area (Å²) in [6.07, 6.45) is 12.9. The second kappa shape index (κ2) is 11.6. The molecule has 1 amide bonds. The summed E-state index contributed by atoms with van der Waals surface area (Å²) in [5.74, 6) is 0.0732. The molecule has 3 heterocycles. The number of benzene rings is 1. The maximum atomic E-state index is 13.0. The van der Waals surface area contributed by atoms with Crippen LogP contribution in [0.3, 0.4) is 0 Å². The molecule has 0 bridgehead atoms. The third-order valence-corrected chi connectivity index (χ3v) is 7.47. The van der Waals surface area contributed by atoms with Gasteiger partial charge in [-0.2, -0.15) is 0 Å². The smallest absolute Gasteiger partial charge is 0.222 e. The predicted octanol–water partition coefficient (Wildman–Crippen LogP) is 6.82. The Balaban J connectivity index is 1.34. The Kier molecular flexibility index (Phi) is 8.27. The fraction of sp³-hybridized carbons (Fsp3) is 0.481. The Labute approximate surface area is 195 Å². The number of halogens is 1. The Morgan fingerprint density at radius 2 is 1.88 bits per heavy atom. The van der Waals surface area contributed by atoms with Crippen LogP contribution in [-0.4, -0.2) is 30.1 Å². The van der Waals surface area contributed by atoms with Crippen molar-refractivity contribution in [1.82, 2.24) is 4.90 Å². The van der Waals surface area contributed by atoms with Crippen molar-refractivity contribution in [2.45, 2.75) is 70.6 Å². The minimum Gasteiger partial charge on any atom is -0.342 e. The largest absolute Gasteiger partial charge is 0.342 e. The summed E-state index contributed by atoms with van der Waals surface area (Å²) >= 11 is 1.81. The molecule has 0 radical (unpaired) electrons. The molecular weight excluding hydrogens is 419 g/mol. The quantitative estimate of drug-likeness (QED) is 0.458. The van der Waals surface area contributed by atoms with Crippen LogP contribution in [0.5, 0.6) is 0 Å². The number of amides is 1. The minimum atomic E-state index is -0.198. The van der Waals surface area contributed by atoms with Crippen molar-refractivity contribution in [1.29, 1.82) is 0 Å². The van der Waals surface area contributed by atoms with Crippen molar-refractivity contribution >= 4 is 29.2 Å². The molecule has 0 saturated carbocycles. The maximum Gasteiger partial charge on any atom is 0.222 e. The van der Waals surface area contributed by atoms with Gasteiger partial charge in [-0.25, -0.2) is 4.39 Å². The molecule has 2 aliphatic rings. The van der Waals surface area contributed by atoms with Crippen LogP contribution in [0.25, 0.3) is 5.70 Å². The van der Waals surface area contributed by atoms with Gasteiger partial charge in [0, 0.05) is 25.7 Å². The first-order valence-electron chi connectivity index (χ1n) is 12.0. The summed E-state index contributed by atoms with van der Waals surface area (Å²) in [5, 5.41) is 2.19. The third kappa shape index (κ3) is 6.16. The maximum absolute atomic E-state index is 13.0. The highest BCUT2D eigenvalue weighted by Gasteiger charge is 2.20. The number of aliphatic imine (C=N–C) groups is 1. The number of unbranched alkanes of at least 4 members (excludes halogenated alkanes) is 1. The first-order valence-corrected chi connectivity index (χ1v) is 12.9. The van der Waals surface area contributed by atoms with E-state index in [1.807, 2.05) is 23.5 Å². The summed E-state index contributed by atoms with van der Waals surface area (Å²) in [6, 6.07) is 8.94. The first kappa shape index (κ1) is 22.9. The molecule has 4 rings (SSSR count). The lowest BCUT2D eigenvalue weighted by Crippen LogP contribution is -2.34. The lowest BCUT2D eigenvalue weighted by atomic mass is 9.97. The van der Waals surface area contributed by atoms with E-state index >= 15 is 0 Å². The van der Waals surface area contributed by atoms with Gasteiger partial charge in [-0.1, -0.05) is 12.1 Å². The fourth-order valence-electron chi connectivity index (χ4n) is 4.64. The first-order chi connectivity index (χ1) is 15.7. The molecule has 3 nitrogen and oxygen atoms in total. The number of carbonyl (C=O) groups excluding carboxylic acids is 1. The van der Waals surface area contributed by atoms with Crippen LogP contribution in [0.1, 0.15) is 73.8 Å². The number of nitrogens with zero attached hydrogens (tertiary/aromatic N) is 2. The van der Waals surface area contributed by atoms with Crippen LogP contribution in [0.2, 0.25) is 0 Å². The Morgan fingerprint density at radius 3 is 2.75 bits per heavy atom. The zero-order valence-electron chi connectivity index (χ0n) is 18.8. The molecule has 1 aromatic carbocycles. The average Bonchev–Trinajstić information content (AvgIpc) is 3.21. The zero-order chi connectivity index (χ0) is 22.2. The van der Waals surface area contributed by atoms with Gasteiger partial charge in [-0.3, -0.25) is 9.79 Å². The molecule has 0 aliphatic carbocycles. The monoisotopic (exact) mass is 452 g/mol. The summed E-state index contributed by atoms with van der Waals surface area (Å²) in [6.45, 7) is 1.67. The second-order valence-electron chi connectivity index (χ2n) is 8.85. The molecule has 0 atom stereocenters. The summed E-state index contributed by atoms with van der Waals surface area (Å²) < 4.78 is 13.0. The predicted molar refractivity (Wildman–Crippen MR) is 132 cm³/mol. The van der Waals surface area contributed by atoms with Crippen LogP contribution in [0, 0.1) is 5.82 Å². The van der Waals surface area contributed by atoms with Crippen LogP contribution in [-0.2, 0) is 17.6 Å². The van der Waals surface area contributed by atoms with Crippen molar-refractivity contribution in [3.63, 3.8) is 0 Å². The van der Waals surface area contributed by atoms with E-state index in [4.69, 9.17) is 4.99 Å². The summed E-state index contributed by atoms with van der Waals surface area (Å²) in [5.41, 5.74) is 5.17. The number of hydrogen-bond donors (Lipinski definition) is 0. The number of hydrogen-bond acceptors (Lipinski definition) is 3. The number of likely N-dealkylation sites (tertiary alicyclic amines) is 1. The van der Waals surface area contributed by atoms with E-state index in [1.165, 1.54) is 40.3 Å². The van der Waals surface area contributed by atoms with E-state index < -0.39 is 0 Å². The zero-order valence-corrected chi connectivity index (χ0v) is 19.6. The molecule has 170 valence electrons. The van der Waals surface area contributed by atoms with E-state index in [0.717, 1.165) is 76.4 Å². The second-order valence-corrected chi connectivity index (χ2v) is 9.77. The van der Waals surface area contributed by atoms with Crippen LogP contribution >= 0.6 is 11.3 Å². The third-order valence-electron chi connectivity index (χ3n) is 6.51. The molecule has 32 heavy (non-hydrogen) atoms. The van der Waals surface area contributed by atoms with Gasteiger partial charge >= 0.3 is 0 Å². The van der Waals surface area contributed by atoms with E-state index in [0.29, 0.717) is 6.42 Å². The fourth-order valence-corrected chi connectivity index (χ4v) is 5.64. The highest BCUT2D eigenvalue weighted by molar-refractivity contribution is 7.11. The van der Waals surface area contributed by atoms with Crippen LogP contribution < -0.4 is 0 Å². The Morgan fingerprint density at radius 1 is 1.00 bits per heavy atom. The number of carbonyl (C=O) groups is 1. The van der Waals surface area contributed by atoms with E-state index in [1.54, 1.807) is 0 Å². The normalized spacial score (nSPS) is 19.6. The van der Waals surface area contributed by atoms with Crippen molar-refractivity contribution in [3.8, 4) is 0 Å². The molecule has 0 unspecified atom stereocenters. The molecule has 1 fully saturated rings. The van der Waals surface area contributed by atoms with Gasteiger partial charge in [0.2, 0.25) is 5.91 Å². The number of thiophene rings is 1. The van der Waals surface area contributed by atoms with Crippen molar-refractivity contribution < 1.29 is 9.18 Å². The average molecular weight is 453 g/mol. The highest BCUT2D eigenvalue weighted by Crippen LogP contribution is 2.34.